The fourth-order valence-electron chi connectivity index (χ4n) is 2.25. The predicted molar refractivity (Wildman–Crippen MR) is 76.9 cm³/mol. The summed E-state index contributed by atoms with van der Waals surface area (Å²) in [6.07, 6.45) is 2.16. The van der Waals surface area contributed by atoms with Crippen LogP contribution in [-0.2, 0) is 4.74 Å². The summed E-state index contributed by atoms with van der Waals surface area (Å²) in [5, 5.41) is 4.05. The van der Waals surface area contributed by atoms with Crippen molar-refractivity contribution in [2.75, 3.05) is 32.6 Å². The average molecular weight is 283 g/mol. The third kappa shape index (κ3) is 3.61. The molecule has 19 heavy (non-hydrogen) atoms. The molecule has 2 rings (SSSR count). The summed E-state index contributed by atoms with van der Waals surface area (Å²) < 4.78 is 4.72. The number of likely N-dealkylation sites (tertiary alicyclic amines) is 1. The molecule has 0 saturated carbocycles. The minimum atomic E-state index is -0.344. The van der Waals surface area contributed by atoms with E-state index in [1.54, 1.807) is 18.2 Å². The lowest BCUT2D eigenvalue weighted by molar-refractivity contribution is 0.0601. The van der Waals surface area contributed by atoms with Crippen molar-refractivity contribution in [3.05, 3.63) is 28.8 Å². The zero-order valence-electron chi connectivity index (χ0n) is 11.3. The van der Waals surface area contributed by atoms with E-state index in [0.717, 1.165) is 31.6 Å². The van der Waals surface area contributed by atoms with E-state index in [9.17, 15) is 4.79 Å². The van der Waals surface area contributed by atoms with Gasteiger partial charge < -0.3 is 15.0 Å². The number of esters is 1. The van der Waals surface area contributed by atoms with Gasteiger partial charge in [0.05, 0.1) is 23.4 Å². The van der Waals surface area contributed by atoms with Crippen LogP contribution in [0.5, 0.6) is 0 Å². The highest BCUT2D eigenvalue weighted by molar-refractivity contribution is 6.33. The molecule has 0 aromatic heterocycles. The Bertz CT molecular complexity index is 457. The van der Waals surface area contributed by atoms with Gasteiger partial charge in [-0.3, -0.25) is 0 Å². The first kappa shape index (κ1) is 14.2. The van der Waals surface area contributed by atoms with E-state index in [1.165, 1.54) is 7.11 Å². The maximum atomic E-state index is 11.5. The first-order chi connectivity index (χ1) is 9.10. The van der Waals surface area contributed by atoms with Crippen molar-refractivity contribution in [2.45, 2.75) is 18.9 Å². The van der Waals surface area contributed by atoms with Crippen molar-refractivity contribution in [1.29, 1.82) is 0 Å². The maximum absolute atomic E-state index is 11.5. The highest BCUT2D eigenvalue weighted by Gasteiger charge is 2.18. The number of carbonyl (C=O) groups is 1. The number of carbonyl (C=O) groups excluding carboxylic acids is 1. The van der Waals surface area contributed by atoms with Crippen molar-refractivity contribution >= 4 is 23.3 Å². The summed E-state index contributed by atoms with van der Waals surface area (Å²) in [5.74, 6) is -0.344. The number of benzene rings is 1. The van der Waals surface area contributed by atoms with Crippen molar-refractivity contribution in [3.63, 3.8) is 0 Å². The van der Waals surface area contributed by atoms with Crippen LogP contribution in [0, 0.1) is 0 Å². The first-order valence-corrected chi connectivity index (χ1v) is 6.81. The van der Waals surface area contributed by atoms with Crippen molar-refractivity contribution in [1.82, 2.24) is 4.90 Å². The Kier molecular flexibility index (Phi) is 4.66. The Balaban J connectivity index is 2.08. The molecule has 0 radical (unpaired) electrons. The number of nitrogens with zero attached hydrogens (tertiary/aromatic N) is 1. The number of halogens is 1. The number of hydrogen-bond acceptors (Lipinski definition) is 4. The fraction of sp³-hybridized carbons (Fsp3) is 0.500. The molecule has 1 fully saturated rings. The molecule has 1 aromatic carbocycles. The van der Waals surface area contributed by atoms with Gasteiger partial charge in [0, 0.05) is 6.04 Å². The second kappa shape index (κ2) is 6.26. The molecule has 5 heteroatoms. The maximum Gasteiger partial charge on any atom is 0.337 e. The van der Waals surface area contributed by atoms with E-state index in [1.807, 2.05) is 0 Å². The molecule has 1 aromatic rings. The molecular weight excluding hydrogens is 264 g/mol. The van der Waals surface area contributed by atoms with E-state index in [0.29, 0.717) is 16.6 Å². The van der Waals surface area contributed by atoms with Gasteiger partial charge >= 0.3 is 5.97 Å². The van der Waals surface area contributed by atoms with Gasteiger partial charge in [-0.1, -0.05) is 11.6 Å². The van der Waals surface area contributed by atoms with E-state index in [4.69, 9.17) is 16.3 Å². The van der Waals surface area contributed by atoms with Crippen molar-refractivity contribution in [3.8, 4) is 0 Å². The lowest BCUT2D eigenvalue weighted by atomic mass is 10.0. The second-order valence-electron chi connectivity index (χ2n) is 4.91. The van der Waals surface area contributed by atoms with Crippen LogP contribution in [0.3, 0.4) is 0 Å². The summed E-state index contributed by atoms with van der Waals surface area (Å²) in [5.41, 5.74) is 1.32. The van der Waals surface area contributed by atoms with Gasteiger partial charge in [0.15, 0.2) is 0 Å². The van der Waals surface area contributed by atoms with Gasteiger partial charge in [-0.05, 0) is 51.2 Å². The number of anilines is 1. The van der Waals surface area contributed by atoms with Crippen LogP contribution in [0.25, 0.3) is 0 Å². The Hall–Kier alpha value is -1.26. The zero-order chi connectivity index (χ0) is 13.8. The minimum Gasteiger partial charge on any atom is -0.465 e. The van der Waals surface area contributed by atoms with Crippen LogP contribution in [0.15, 0.2) is 18.2 Å². The molecule has 1 heterocycles. The third-order valence-electron chi connectivity index (χ3n) is 3.47. The standard InChI is InChI=1S/C14H19ClN2O2/c1-17-7-5-11(6-8-17)16-13-9-10(14(18)19-2)3-4-12(13)15/h3-4,9,11,16H,5-8H2,1-2H3. The normalized spacial score (nSPS) is 17.2. The molecule has 0 aliphatic carbocycles. The van der Waals surface area contributed by atoms with Gasteiger partial charge in [-0.25, -0.2) is 4.79 Å². The Labute approximate surface area is 118 Å². The van der Waals surface area contributed by atoms with Crippen LogP contribution in [-0.4, -0.2) is 44.2 Å². The van der Waals surface area contributed by atoms with Gasteiger partial charge in [0.1, 0.15) is 0 Å². The summed E-state index contributed by atoms with van der Waals surface area (Å²) in [6, 6.07) is 5.56. The molecule has 4 nitrogen and oxygen atoms in total. The number of ether oxygens (including phenoxy) is 1. The molecule has 1 aliphatic rings. The molecule has 0 atom stereocenters. The van der Waals surface area contributed by atoms with E-state index in [2.05, 4.69) is 17.3 Å². The molecule has 0 unspecified atom stereocenters. The van der Waals surface area contributed by atoms with E-state index < -0.39 is 0 Å². The number of hydrogen-bond donors (Lipinski definition) is 1. The smallest absolute Gasteiger partial charge is 0.337 e. The van der Waals surface area contributed by atoms with Crippen LogP contribution >= 0.6 is 11.6 Å². The van der Waals surface area contributed by atoms with Gasteiger partial charge in [-0.15, -0.1) is 0 Å². The SMILES string of the molecule is COC(=O)c1ccc(Cl)c(NC2CCN(C)CC2)c1. The van der Waals surface area contributed by atoms with Gasteiger partial charge in [0.2, 0.25) is 0 Å². The van der Waals surface area contributed by atoms with Crippen LogP contribution in [0.4, 0.5) is 5.69 Å². The molecule has 1 saturated heterocycles. The highest BCUT2D eigenvalue weighted by Crippen LogP contribution is 2.26. The largest absolute Gasteiger partial charge is 0.465 e. The third-order valence-corrected chi connectivity index (χ3v) is 3.80. The molecule has 0 amide bonds. The lowest BCUT2D eigenvalue weighted by Gasteiger charge is -2.30. The number of piperidine rings is 1. The highest BCUT2D eigenvalue weighted by atomic mass is 35.5. The quantitative estimate of drug-likeness (QED) is 0.866. The summed E-state index contributed by atoms with van der Waals surface area (Å²) in [7, 11) is 3.50. The van der Waals surface area contributed by atoms with Crippen LogP contribution in [0.2, 0.25) is 5.02 Å². The van der Waals surface area contributed by atoms with E-state index >= 15 is 0 Å². The minimum absolute atomic E-state index is 0.344. The molecule has 0 spiro atoms. The monoisotopic (exact) mass is 282 g/mol. The zero-order valence-corrected chi connectivity index (χ0v) is 12.0. The number of nitrogens with one attached hydrogen (secondary N) is 1. The second-order valence-corrected chi connectivity index (χ2v) is 5.32. The van der Waals surface area contributed by atoms with Gasteiger partial charge in [0.25, 0.3) is 0 Å². The summed E-state index contributed by atoms with van der Waals surface area (Å²) in [6.45, 7) is 2.15. The Morgan fingerprint density at radius 1 is 1.42 bits per heavy atom. The van der Waals surface area contributed by atoms with Crippen LogP contribution < -0.4 is 5.32 Å². The molecule has 104 valence electrons. The molecule has 0 bridgehead atoms. The topological polar surface area (TPSA) is 41.6 Å². The van der Waals surface area contributed by atoms with E-state index in [-0.39, 0.29) is 5.97 Å². The summed E-state index contributed by atoms with van der Waals surface area (Å²) >= 11 is 6.17. The Morgan fingerprint density at radius 2 is 2.11 bits per heavy atom. The van der Waals surface area contributed by atoms with Crippen molar-refractivity contribution < 1.29 is 9.53 Å². The molecule has 1 N–H and O–H groups in total. The number of rotatable bonds is 3. The van der Waals surface area contributed by atoms with Crippen LogP contribution in [0.1, 0.15) is 23.2 Å². The van der Waals surface area contributed by atoms with Crippen molar-refractivity contribution in [2.24, 2.45) is 0 Å². The van der Waals surface area contributed by atoms with Gasteiger partial charge in [-0.2, -0.15) is 0 Å². The molecule has 1 aliphatic heterocycles. The first-order valence-electron chi connectivity index (χ1n) is 6.43. The number of methoxy groups -OCH3 is 1. The fourth-order valence-corrected chi connectivity index (χ4v) is 2.43. The summed E-state index contributed by atoms with van der Waals surface area (Å²) in [4.78, 5) is 13.8. The molecular formula is C14H19ClN2O2. The average Bonchev–Trinajstić information content (AvgIpc) is 2.43. The predicted octanol–water partition coefficient (Wildman–Crippen LogP) is 2.63. The Morgan fingerprint density at radius 3 is 2.74 bits per heavy atom. The lowest BCUT2D eigenvalue weighted by Crippen LogP contribution is -2.36.